The van der Waals surface area contributed by atoms with Gasteiger partial charge in [-0.1, -0.05) is 0 Å². The lowest BCUT2D eigenvalue weighted by Crippen LogP contribution is -2.26. The molecule has 0 unspecified atom stereocenters. The number of amides is 1. The van der Waals surface area contributed by atoms with Crippen LogP contribution in [-0.2, 0) is 4.74 Å². The van der Waals surface area contributed by atoms with Gasteiger partial charge in [0.2, 0.25) is 0 Å². The molecule has 0 aliphatic heterocycles. The van der Waals surface area contributed by atoms with Crippen molar-refractivity contribution in [2.24, 2.45) is 0 Å². The molecule has 0 fully saturated rings. The van der Waals surface area contributed by atoms with Gasteiger partial charge in [-0.2, -0.15) is 0 Å². The number of carbonyl (C=O) groups is 1. The van der Waals surface area contributed by atoms with Crippen LogP contribution in [-0.4, -0.2) is 25.2 Å². The lowest BCUT2D eigenvalue weighted by atomic mass is 10.3. The second kappa shape index (κ2) is 3.75. The zero-order chi connectivity index (χ0) is 9.84. The zero-order valence-corrected chi connectivity index (χ0v) is 7.52. The van der Waals surface area contributed by atoms with Crippen molar-refractivity contribution in [1.82, 2.24) is 4.98 Å². The number of nitrogen functional groups attached to an aromatic ring is 1. The summed E-state index contributed by atoms with van der Waals surface area (Å²) in [5, 5.41) is 0. The van der Waals surface area contributed by atoms with Gasteiger partial charge in [0.15, 0.2) is 0 Å². The van der Waals surface area contributed by atoms with Crippen molar-refractivity contribution in [3.8, 4) is 0 Å². The van der Waals surface area contributed by atoms with E-state index in [0.29, 0.717) is 11.4 Å². The molecule has 0 atom stereocenters. The Kier molecular flexibility index (Phi) is 2.69. The van der Waals surface area contributed by atoms with E-state index in [-0.39, 0.29) is 0 Å². The molecule has 0 spiro atoms. The van der Waals surface area contributed by atoms with Crippen LogP contribution in [0.25, 0.3) is 0 Å². The molecule has 0 radical (unpaired) electrons. The molecule has 13 heavy (non-hydrogen) atoms. The number of anilines is 2. The molecule has 1 amide bonds. The second-order valence-corrected chi connectivity index (χ2v) is 2.46. The van der Waals surface area contributed by atoms with Crippen LogP contribution < -0.4 is 10.6 Å². The van der Waals surface area contributed by atoms with Crippen LogP contribution in [0.5, 0.6) is 0 Å². The topological polar surface area (TPSA) is 68.5 Å². The van der Waals surface area contributed by atoms with E-state index in [1.807, 2.05) is 0 Å². The minimum Gasteiger partial charge on any atom is -0.452 e. The summed E-state index contributed by atoms with van der Waals surface area (Å²) in [5.41, 5.74) is 6.63. The minimum atomic E-state index is -0.460. The van der Waals surface area contributed by atoms with E-state index in [1.54, 1.807) is 19.3 Å². The van der Waals surface area contributed by atoms with E-state index in [9.17, 15) is 4.79 Å². The lowest BCUT2D eigenvalue weighted by Gasteiger charge is -2.16. The molecule has 1 aromatic heterocycles. The van der Waals surface area contributed by atoms with Crippen LogP contribution in [0.1, 0.15) is 0 Å². The molecule has 0 bridgehead atoms. The SMILES string of the molecule is COC(=O)N(C)c1ccncc1N. The van der Waals surface area contributed by atoms with Crippen molar-refractivity contribution in [3.63, 3.8) is 0 Å². The van der Waals surface area contributed by atoms with Gasteiger partial charge >= 0.3 is 6.09 Å². The summed E-state index contributed by atoms with van der Waals surface area (Å²) in [6.45, 7) is 0. The molecule has 0 aliphatic carbocycles. The van der Waals surface area contributed by atoms with Crippen molar-refractivity contribution >= 4 is 17.5 Å². The minimum absolute atomic E-state index is 0.440. The Labute approximate surface area is 76.1 Å². The summed E-state index contributed by atoms with van der Waals surface area (Å²) in [6.07, 6.45) is 2.58. The number of hydrogen-bond donors (Lipinski definition) is 1. The van der Waals surface area contributed by atoms with Gasteiger partial charge < -0.3 is 10.5 Å². The molecule has 0 saturated heterocycles. The zero-order valence-electron chi connectivity index (χ0n) is 7.52. The first-order chi connectivity index (χ1) is 6.16. The van der Waals surface area contributed by atoms with Gasteiger partial charge in [0.25, 0.3) is 0 Å². The van der Waals surface area contributed by atoms with E-state index in [4.69, 9.17) is 5.73 Å². The molecular formula is C8H11N3O2. The first-order valence-corrected chi connectivity index (χ1v) is 3.68. The van der Waals surface area contributed by atoms with Crippen molar-refractivity contribution in [3.05, 3.63) is 18.5 Å². The number of nitrogens with zero attached hydrogens (tertiary/aromatic N) is 2. The lowest BCUT2D eigenvalue weighted by molar-refractivity contribution is 0.180. The molecule has 0 aliphatic rings. The van der Waals surface area contributed by atoms with Gasteiger partial charge in [0, 0.05) is 13.2 Å². The maximum absolute atomic E-state index is 11.1. The molecule has 5 heteroatoms. The number of methoxy groups -OCH3 is 1. The van der Waals surface area contributed by atoms with Gasteiger partial charge in [-0.25, -0.2) is 4.79 Å². The highest BCUT2D eigenvalue weighted by molar-refractivity contribution is 5.90. The molecule has 2 N–H and O–H groups in total. The molecule has 70 valence electrons. The Morgan fingerprint density at radius 2 is 2.38 bits per heavy atom. The normalized spacial score (nSPS) is 9.38. The fourth-order valence-corrected chi connectivity index (χ4v) is 0.940. The van der Waals surface area contributed by atoms with E-state index < -0.39 is 6.09 Å². The van der Waals surface area contributed by atoms with Crippen LogP contribution in [0.4, 0.5) is 16.2 Å². The van der Waals surface area contributed by atoms with Gasteiger partial charge in [0.05, 0.1) is 24.7 Å². The molecule has 5 nitrogen and oxygen atoms in total. The Bertz CT molecular complexity index is 314. The maximum atomic E-state index is 11.1. The Balaban J connectivity index is 2.95. The van der Waals surface area contributed by atoms with Crippen molar-refractivity contribution in [1.29, 1.82) is 0 Å². The standard InChI is InChI=1S/C8H11N3O2/c1-11(8(12)13-2)7-3-4-10-5-6(7)9/h3-5H,9H2,1-2H3. The third-order valence-electron chi connectivity index (χ3n) is 1.64. The highest BCUT2D eigenvalue weighted by Gasteiger charge is 2.12. The fourth-order valence-electron chi connectivity index (χ4n) is 0.940. The predicted octanol–water partition coefficient (Wildman–Crippen LogP) is 0.866. The molecule has 0 aromatic carbocycles. The van der Waals surface area contributed by atoms with E-state index in [1.165, 1.54) is 18.2 Å². The molecular weight excluding hydrogens is 170 g/mol. The summed E-state index contributed by atoms with van der Waals surface area (Å²) in [5.74, 6) is 0. The summed E-state index contributed by atoms with van der Waals surface area (Å²) >= 11 is 0. The number of ether oxygens (including phenoxy) is 1. The van der Waals surface area contributed by atoms with Crippen LogP contribution in [0.2, 0.25) is 0 Å². The first-order valence-electron chi connectivity index (χ1n) is 3.68. The van der Waals surface area contributed by atoms with Crippen LogP contribution in [0.15, 0.2) is 18.5 Å². The monoisotopic (exact) mass is 181 g/mol. The Morgan fingerprint density at radius 1 is 1.69 bits per heavy atom. The molecule has 1 rings (SSSR count). The van der Waals surface area contributed by atoms with Crippen LogP contribution in [0, 0.1) is 0 Å². The summed E-state index contributed by atoms with van der Waals surface area (Å²) in [4.78, 5) is 16.2. The van der Waals surface area contributed by atoms with Crippen molar-refractivity contribution in [2.45, 2.75) is 0 Å². The highest BCUT2D eigenvalue weighted by Crippen LogP contribution is 2.19. The van der Waals surface area contributed by atoms with E-state index >= 15 is 0 Å². The fraction of sp³-hybridized carbons (Fsp3) is 0.250. The number of rotatable bonds is 1. The number of nitrogens with two attached hydrogens (primary N) is 1. The number of carbonyl (C=O) groups excluding carboxylic acids is 1. The van der Waals surface area contributed by atoms with Crippen molar-refractivity contribution in [2.75, 3.05) is 24.8 Å². The summed E-state index contributed by atoms with van der Waals surface area (Å²) < 4.78 is 4.53. The largest absolute Gasteiger partial charge is 0.452 e. The summed E-state index contributed by atoms with van der Waals surface area (Å²) in [6, 6.07) is 1.65. The van der Waals surface area contributed by atoms with Crippen molar-refractivity contribution < 1.29 is 9.53 Å². The van der Waals surface area contributed by atoms with Gasteiger partial charge in [-0.05, 0) is 6.07 Å². The number of hydrogen-bond acceptors (Lipinski definition) is 4. The van der Waals surface area contributed by atoms with Gasteiger partial charge in [-0.15, -0.1) is 0 Å². The number of pyridine rings is 1. The Hall–Kier alpha value is -1.78. The van der Waals surface area contributed by atoms with E-state index in [0.717, 1.165) is 0 Å². The highest BCUT2D eigenvalue weighted by atomic mass is 16.5. The quantitative estimate of drug-likeness (QED) is 0.697. The molecule has 1 aromatic rings. The number of aromatic nitrogens is 1. The predicted molar refractivity (Wildman–Crippen MR) is 49.5 cm³/mol. The van der Waals surface area contributed by atoms with E-state index in [2.05, 4.69) is 9.72 Å². The molecule has 0 saturated carbocycles. The van der Waals surface area contributed by atoms with Gasteiger partial charge in [0.1, 0.15) is 0 Å². The average Bonchev–Trinajstić information content (AvgIpc) is 2.16. The Morgan fingerprint density at radius 3 is 2.92 bits per heavy atom. The molecule has 1 heterocycles. The first kappa shape index (κ1) is 9.31. The second-order valence-electron chi connectivity index (χ2n) is 2.46. The third kappa shape index (κ3) is 1.87. The average molecular weight is 181 g/mol. The third-order valence-corrected chi connectivity index (χ3v) is 1.64. The maximum Gasteiger partial charge on any atom is 0.413 e. The van der Waals surface area contributed by atoms with Gasteiger partial charge in [-0.3, -0.25) is 9.88 Å². The van der Waals surface area contributed by atoms with Crippen LogP contribution >= 0.6 is 0 Å². The summed E-state index contributed by atoms with van der Waals surface area (Å²) in [7, 11) is 2.90. The van der Waals surface area contributed by atoms with Crippen LogP contribution in [0.3, 0.4) is 0 Å². The smallest absolute Gasteiger partial charge is 0.413 e.